The molecular formula is C86H53NS2. The summed E-state index contributed by atoms with van der Waals surface area (Å²) in [6.45, 7) is 0. The summed E-state index contributed by atoms with van der Waals surface area (Å²) in [6, 6.07) is 120. The molecule has 0 amide bonds. The predicted octanol–water partition coefficient (Wildman–Crippen LogP) is 25.2. The highest BCUT2D eigenvalue weighted by molar-refractivity contribution is 7.26. The van der Waals surface area contributed by atoms with Gasteiger partial charge in [0.05, 0.1) is 11.0 Å². The Bertz CT molecular complexity index is 5550. The van der Waals surface area contributed by atoms with Gasteiger partial charge >= 0.3 is 0 Å². The van der Waals surface area contributed by atoms with Crippen molar-refractivity contribution in [3.8, 4) is 94.7 Å². The average Bonchev–Trinajstić information content (AvgIpc) is 1.86. The van der Waals surface area contributed by atoms with Gasteiger partial charge in [-0.3, -0.25) is 0 Å². The Labute approximate surface area is 523 Å². The van der Waals surface area contributed by atoms with Crippen LogP contribution in [0.4, 0.5) is 0 Å². The van der Waals surface area contributed by atoms with Crippen molar-refractivity contribution in [2.45, 2.75) is 0 Å². The number of aromatic nitrogens is 1. The van der Waals surface area contributed by atoms with Crippen molar-refractivity contribution in [2.75, 3.05) is 0 Å². The van der Waals surface area contributed by atoms with E-state index in [0.29, 0.717) is 0 Å². The minimum Gasteiger partial charge on any atom is -0.309 e. The zero-order chi connectivity index (χ0) is 58.5. The number of hydrogen-bond donors (Lipinski definition) is 0. The number of rotatable bonds is 9. The smallest absolute Gasteiger partial charge is 0.0541 e. The van der Waals surface area contributed by atoms with Gasteiger partial charge in [0.25, 0.3) is 0 Å². The molecule has 0 fully saturated rings. The van der Waals surface area contributed by atoms with Gasteiger partial charge in [-0.1, -0.05) is 237 Å². The van der Waals surface area contributed by atoms with Crippen LogP contribution in [-0.2, 0) is 0 Å². The zero-order valence-corrected chi connectivity index (χ0v) is 50.0. The van der Waals surface area contributed by atoms with Gasteiger partial charge < -0.3 is 4.57 Å². The lowest BCUT2D eigenvalue weighted by atomic mass is 9.86. The number of thiophene rings is 2. The number of fused-ring (bicyclic) bond motifs is 11. The van der Waals surface area contributed by atoms with Gasteiger partial charge in [-0.15, -0.1) is 22.7 Å². The molecule has 0 aliphatic rings. The fraction of sp³-hybridized carbons (Fsp3) is 0. The molecule has 0 N–H and O–H groups in total. The first-order valence-electron chi connectivity index (χ1n) is 30.5. The highest BCUT2D eigenvalue weighted by Crippen LogP contribution is 2.50. The number of nitrogens with zero attached hydrogens (tertiary/aromatic N) is 1. The van der Waals surface area contributed by atoms with Crippen LogP contribution in [0, 0.1) is 0 Å². The van der Waals surface area contributed by atoms with E-state index in [4.69, 9.17) is 0 Å². The van der Waals surface area contributed by atoms with Crippen molar-refractivity contribution in [2.24, 2.45) is 0 Å². The molecule has 3 heteroatoms. The lowest BCUT2D eigenvalue weighted by Crippen LogP contribution is -1.96. The van der Waals surface area contributed by atoms with Crippen molar-refractivity contribution < 1.29 is 0 Å². The molecule has 18 rings (SSSR count). The summed E-state index contributed by atoms with van der Waals surface area (Å²) in [5.74, 6) is 0. The second-order valence-electron chi connectivity index (χ2n) is 23.4. The Kier molecular flexibility index (Phi) is 12.0. The number of benzene rings is 15. The molecule has 0 atom stereocenters. The molecule has 15 aromatic carbocycles. The Hall–Kier alpha value is -10.9. The van der Waals surface area contributed by atoms with Gasteiger partial charge in [0.2, 0.25) is 0 Å². The first-order valence-corrected chi connectivity index (χ1v) is 32.2. The summed E-state index contributed by atoms with van der Waals surface area (Å²) in [4.78, 5) is 0. The van der Waals surface area contributed by atoms with Crippen LogP contribution in [0.5, 0.6) is 0 Å². The van der Waals surface area contributed by atoms with Crippen LogP contribution in [0.1, 0.15) is 0 Å². The molecule has 0 aliphatic heterocycles. The van der Waals surface area contributed by atoms with Crippen LogP contribution in [0.15, 0.2) is 322 Å². The Balaban J connectivity index is 0.916. The third kappa shape index (κ3) is 8.57. The average molecular weight is 1160 g/mol. The largest absolute Gasteiger partial charge is 0.309 e. The summed E-state index contributed by atoms with van der Waals surface area (Å²) < 4.78 is 7.68. The molecule has 0 radical (unpaired) electrons. The summed E-state index contributed by atoms with van der Waals surface area (Å²) in [6.07, 6.45) is 0. The Morgan fingerprint density at radius 2 is 0.528 bits per heavy atom. The summed E-state index contributed by atoms with van der Waals surface area (Å²) in [7, 11) is 0. The molecule has 1 nitrogen and oxygen atoms in total. The van der Waals surface area contributed by atoms with Gasteiger partial charge in [-0.2, -0.15) is 0 Å². The van der Waals surface area contributed by atoms with Crippen molar-refractivity contribution in [3.63, 3.8) is 0 Å². The summed E-state index contributed by atoms with van der Waals surface area (Å²) >= 11 is 3.80. The molecule has 0 spiro atoms. The van der Waals surface area contributed by atoms with Crippen LogP contribution in [0.25, 0.3) is 178 Å². The van der Waals surface area contributed by atoms with E-state index in [1.165, 1.54) is 162 Å². The third-order valence-corrected chi connectivity index (χ3v) is 20.8. The van der Waals surface area contributed by atoms with Crippen molar-refractivity contribution in [3.05, 3.63) is 322 Å². The lowest BCUT2D eigenvalue weighted by molar-refractivity contribution is 1.19. The minimum absolute atomic E-state index is 1.11. The van der Waals surface area contributed by atoms with Gasteiger partial charge in [0, 0.05) is 67.9 Å². The molecule has 89 heavy (non-hydrogen) atoms. The fourth-order valence-corrected chi connectivity index (χ4v) is 16.6. The molecule has 0 aliphatic carbocycles. The lowest BCUT2D eigenvalue weighted by Gasteiger charge is -2.19. The SMILES string of the molecule is c1ccc(-c2ccc3sc4c(-c5ccc6c(c5)c5cc(-c7cc(-c8ccccc8)cc8c7sc7ccc(-c9ccccc9)cc78)ccc5n6-c5ccc6c(-c7ccccc7)c7ccccc7c(-c7ccccc7)c6c5)cc(-c5ccccc5)cc4c3c2)cc1. The summed E-state index contributed by atoms with van der Waals surface area (Å²) in [5, 5.41) is 12.5. The normalized spacial score (nSPS) is 11.8. The maximum absolute atomic E-state index is 2.53. The first-order chi connectivity index (χ1) is 44.1. The minimum atomic E-state index is 1.11. The summed E-state index contributed by atoms with van der Waals surface area (Å²) in [5.41, 5.74) is 22.9. The molecule has 3 heterocycles. The van der Waals surface area contributed by atoms with E-state index in [2.05, 4.69) is 326 Å². The third-order valence-electron chi connectivity index (χ3n) is 18.3. The second kappa shape index (κ2) is 20.9. The van der Waals surface area contributed by atoms with E-state index in [0.717, 1.165) is 16.7 Å². The van der Waals surface area contributed by atoms with Crippen LogP contribution in [0.2, 0.25) is 0 Å². The molecule has 0 saturated heterocycles. The van der Waals surface area contributed by atoms with E-state index in [1.807, 2.05) is 22.7 Å². The van der Waals surface area contributed by atoms with E-state index < -0.39 is 0 Å². The first kappa shape index (κ1) is 51.3. The van der Waals surface area contributed by atoms with Crippen LogP contribution >= 0.6 is 22.7 Å². The quantitative estimate of drug-likeness (QED) is 0.127. The van der Waals surface area contributed by atoms with Crippen LogP contribution < -0.4 is 0 Å². The van der Waals surface area contributed by atoms with E-state index in [9.17, 15) is 0 Å². The molecule has 18 aromatic rings. The Morgan fingerprint density at radius 1 is 0.191 bits per heavy atom. The highest BCUT2D eigenvalue weighted by Gasteiger charge is 2.23. The van der Waals surface area contributed by atoms with E-state index in [1.54, 1.807) is 0 Å². The monoisotopic (exact) mass is 1160 g/mol. The van der Waals surface area contributed by atoms with E-state index in [-0.39, 0.29) is 0 Å². The molecule has 3 aromatic heterocycles. The van der Waals surface area contributed by atoms with E-state index >= 15 is 0 Å². The zero-order valence-electron chi connectivity index (χ0n) is 48.4. The maximum atomic E-state index is 2.53. The fourth-order valence-electron chi connectivity index (χ4n) is 14.2. The standard InChI is InChI=1S/C86H53NS2/c1-7-21-54(22-8-1)60-37-43-81-74(45-60)77-51-64(56-25-11-3-12-26-56)49-70(85(77)88-81)62-35-41-79-72(47-62)73-48-63(71-50-65(57-27-13-4-14-28-57)52-78-75-46-61(55-23-9-2-10-24-55)38-44-82(75)89-86(71)78)36-42-80(73)87(79)66-39-40-69-76(53-66)84(59-31-17-6-18-32-59)68-34-20-19-33-67(68)83(69)58-29-15-5-16-30-58/h1-53H. The van der Waals surface area contributed by atoms with Crippen molar-refractivity contribution >= 4 is 106 Å². The molecule has 0 unspecified atom stereocenters. The molecule has 0 bridgehead atoms. The van der Waals surface area contributed by atoms with Crippen LogP contribution in [0.3, 0.4) is 0 Å². The Morgan fingerprint density at radius 3 is 0.955 bits per heavy atom. The van der Waals surface area contributed by atoms with Crippen LogP contribution in [-0.4, -0.2) is 4.57 Å². The molecule has 0 saturated carbocycles. The second-order valence-corrected chi connectivity index (χ2v) is 25.6. The molecule has 414 valence electrons. The predicted molar refractivity (Wildman–Crippen MR) is 385 cm³/mol. The maximum Gasteiger partial charge on any atom is 0.0541 e. The van der Waals surface area contributed by atoms with Gasteiger partial charge in [-0.25, -0.2) is 0 Å². The van der Waals surface area contributed by atoms with Gasteiger partial charge in [0.15, 0.2) is 0 Å². The van der Waals surface area contributed by atoms with Crippen molar-refractivity contribution in [1.29, 1.82) is 0 Å². The van der Waals surface area contributed by atoms with Gasteiger partial charge in [0.1, 0.15) is 0 Å². The highest BCUT2D eigenvalue weighted by atomic mass is 32.1. The van der Waals surface area contributed by atoms with Gasteiger partial charge in [-0.05, 0) is 184 Å². The van der Waals surface area contributed by atoms with Crippen molar-refractivity contribution in [1.82, 2.24) is 4.57 Å². The number of hydrogen-bond acceptors (Lipinski definition) is 2. The molecular weight excluding hydrogens is 1110 g/mol. The topological polar surface area (TPSA) is 4.93 Å².